The van der Waals surface area contributed by atoms with Gasteiger partial charge in [0, 0.05) is 17.8 Å². The predicted molar refractivity (Wildman–Crippen MR) is 140 cm³/mol. The van der Waals surface area contributed by atoms with Gasteiger partial charge in [-0.05, 0) is 86.9 Å². The third-order valence-corrected chi connectivity index (χ3v) is 6.66. The van der Waals surface area contributed by atoms with Crippen LogP contribution in [0.2, 0.25) is 0 Å². The molecule has 1 amide bonds. The summed E-state index contributed by atoms with van der Waals surface area (Å²) in [5, 5.41) is 4.28. The molecule has 1 fully saturated rings. The lowest BCUT2D eigenvalue weighted by Crippen LogP contribution is -2.33. The molecule has 1 aliphatic rings. The van der Waals surface area contributed by atoms with Gasteiger partial charge in [-0.1, -0.05) is 72.8 Å². The zero-order chi connectivity index (χ0) is 23.6. The summed E-state index contributed by atoms with van der Waals surface area (Å²) in [5.41, 5.74) is 8.24. The Labute approximate surface area is 203 Å². The van der Waals surface area contributed by atoms with E-state index in [0.29, 0.717) is 5.56 Å². The minimum absolute atomic E-state index is 0.160. The highest BCUT2D eigenvalue weighted by Gasteiger charge is 2.19. The van der Waals surface area contributed by atoms with E-state index in [0.717, 1.165) is 44.1 Å². The standard InChI is InChI=1S/C30H35N3O/c1-24(12-13-25-8-4-2-5-9-25)31-32-30(34)29-16-14-28(15-17-29)23-33-20-18-27(19-21-33)22-26-10-6-3-7-11-26/h2-11,14-17,27H,12-13,18-23H2,1H3,(H,32,34)/b31-24-. The minimum Gasteiger partial charge on any atom is -0.299 e. The van der Waals surface area contributed by atoms with Crippen LogP contribution in [0.1, 0.15) is 53.2 Å². The van der Waals surface area contributed by atoms with Crippen LogP contribution in [0, 0.1) is 5.92 Å². The second kappa shape index (κ2) is 12.3. The van der Waals surface area contributed by atoms with Crippen LogP contribution in [0.4, 0.5) is 0 Å². The molecule has 4 heteroatoms. The van der Waals surface area contributed by atoms with Gasteiger partial charge in [-0.15, -0.1) is 0 Å². The number of hydrogen-bond acceptors (Lipinski definition) is 3. The number of amides is 1. The van der Waals surface area contributed by atoms with Crippen molar-refractivity contribution < 1.29 is 4.79 Å². The van der Waals surface area contributed by atoms with Crippen molar-refractivity contribution in [2.24, 2.45) is 11.0 Å². The number of rotatable bonds is 9. The van der Waals surface area contributed by atoms with Crippen LogP contribution in [0.25, 0.3) is 0 Å². The molecule has 1 aliphatic heterocycles. The molecule has 0 radical (unpaired) electrons. The second-order valence-corrected chi connectivity index (χ2v) is 9.38. The average molecular weight is 454 g/mol. The Morgan fingerprint density at radius 2 is 1.47 bits per heavy atom. The molecule has 1 heterocycles. The third kappa shape index (κ3) is 7.39. The Hall–Kier alpha value is -3.24. The molecule has 34 heavy (non-hydrogen) atoms. The van der Waals surface area contributed by atoms with Crippen LogP contribution in [-0.2, 0) is 19.4 Å². The van der Waals surface area contributed by atoms with Crippen molar-refractivity contribution in [2.45, 2.75) is 45.6 Å². The summed E-state index contributed by atoms with van der Waals surface area (Å²) in [6.45, 7) is 5.17. The molecule has 176 valence electrons. The fourth-order valence-corrected chi connectivity index (χ4v) is 4.55. The lowest BCUT2D eigenvalue weighted by Gasteiger charge is -2.32. The van der Waals surface area contributed by atoms with Crippen molar-refractivity contribution in [1.82, 2.24) is 10.3 Å². The summed E-state index contributed by atoms with van der Waals surface area (Å²) in [4.78, 5) is 15.0. The zero-order valence-electron chi connectivity index (χ0n) is 20.1. The molecule has 1 N–H and O–H groups in total. The normalized spacial score (nSPS) is 15.3. The van der Waals surface area contributed by atoms with E-state index in [9.17, 15) is 4.79 Å². The summed E-state index contributed by atoms with van der Waals surface area (Å²) in [6, 6.07) is 29.1. The number of hydrazone groups is 1. The van der Waals surface area contributed by atoms with Crippen molar-refractivity contribution in [3.05, 3.63) is 107 Å². The summed E-state index contributed by atoms with van der Waals surface area (Å²) in [7, 11) is 0. The number of benzene rings is 3. The van der Waals surface area contributed by atoms with Gasteiger partial charge in [0.1, 0.15) is 0 Å². The molecule has 0 aromatic heterocycles. The summed E-state index contributed by atoms with van der Waals surface area (Å²) in [5.74, 6) is 0.619. The van der Waals surface area contributed by atoms with Gasteiger partial charge in [0.25, 0.3) is 5.91 Å². The highest BCUT2D eigenvalue weighted by atomic mass is 16.2. The maximum atomic E-state index is 12.5. The number of nitrogens with one attached hydrogen (secondary N) is 1. The Morgan fingerprint density at radius 1 is 0.853 bits per heavy atom. The molecular weight excluding hydrogens is 418 g/mol. The molecule has 1 saturated heterocycles. The molecule has 3 aromatic rings. The largest absolute Gasteiger partial charge is 0.299 e. The van der Waals surface area contributed by atoms with Crippen LogP contribution < -0.4 is 5.43 Å². The Morgan fingerprint density at radius 3 is 2.12 bits per heavy atom. The van der Waals surface area contributed by atoms with E-state index >= 15 is 0 Å². The summed E-state index contributed by atoms with van der Waals surface area (Å²) < 4.78 is 0. The Bertz CT molecular complexity index is 1050. The molecule has 4 rings (SSSR count). The number of aryl methyl sites for hydroxylation is 1. The molecule has 4 nitrogen and oxygen atoms in total. The Kier molecular flexibility index (Phi) is 8.64. The van der Waals surface area contributed by atoms with Gasteiger partial charge in [-0.2, -0.15) is 5.10 Å². The summed E-state index contributed by atoms with van der Waals surface area (Å²) >= 11 is 0. The second-order valence-electron chi connectivity index (χ2n) is 9.38. The SMILES string of the molecule is C/C(CCc1ccccc1)=N/NC(=O)c1ccc(CN2CCC(Cc3ccccc3)CC2)cc1. The highest BCUT2D eigenvalue weighted by Crippen LogP contribution is 2.23. The van der Waals surface area contributed by atoms with Crippen LogP contribution in [-0.4, -0.2) is 29.6 Å². The van der Waals surface area contributed by atoms with Crippen LogP contribution in [0.5, 0.6) is 0 Å². The maximum Gasteiger partial charge on any atom is 0.271 e. The van der Waals surface area contributed by atoms with Crippen LogP contribution in [0.3, 0.4) is 0 Å². The van der Waals surface area contributed by atoms with Crippen molar-refractivity contribution in [3.63, 3.8) is 0 Å². The van der Waals surface area contributed by atoms with Gasteiger partial charge in [0.15, 0.2) is 0 Å². The fourth-order valence-electron chi connectivity index (χ4n) is 4.55. The quantitative estimate of drug-likeness (QED) is 0.325. The number of likely N-dealkylation sites (tertiary alicyclic amines) is 1. The van der Waals surface area contributed by atoms with Crippen molar-refractivity contribution in [1.29, 1.82) is 0 Å². The number of hydrogen-bond donors (Lipinski definition) is 1. The number of nitrogens with zero attached hydrogens (tertiary/aromatic N) is 2. The third-order valence-electron chi connectivity index (χ3n) is 6.66. The lowest BCUT2D eigenvalue weighted by molar-refractivity contribution is 0.0954. The number of carbonyl (C=O) groups excluding carboxylic acids is 1. The van der Waals surface area contributed by atoms with Gasteiger partial charge in [0.2, 0.25) is 0 Å². The van der Waals surface area contributed by atoms with Gasteiger partial charge in [0.05, 0.1) is 0 Å². The van der Waals surface area contributed by atoms with E-state index in [-0.39, 0.29) is 5.91 Å². The van der Waals surface area contributed by atoms with E-state index in [1.165, 1.54) is 36.0 Å². The van der Waals surface area contributed by atoms with E-state index in [1.54, 1.807) is 0 Å². The van der Waals surface area contributed by atoms with Gasteiger partial charge in [-0.25, -0.2) is 5.43 Å². The molecule has 0 aliphatic carbocycles. The minimum atomic E-state index is -0.160. The topological polar surface area (TPSA) is 44.7 Å². The molecule has 0 spiro atoms. The van der Waals surface area contributed by atoms with Crippen molar-refractivity contribution >= 4 is 11.6 Å². The molecule has 0 atom stereocenters. The molecule has 0 bridgehead atoms. The van der Waals surface area contributed by atoms with Crippen LogP contribution in [0.15, 0.2) is 90.0 Å². The highest BCUT2D eigenvalue weighted by molar-refractivity contribution is 5.95. The molecule has 0 saturated carbocycles. The molecular formula is C30H35N3O. The smallest absolute Gasteiger partial charge is 0.271 e. The van der Waals surface area contributed by atoms with E-state index in [4.69, 9.17) is 0 Å². The average Bonchev–Trinajstić information content (AvgIpc) is 2.89. The van der Waals surface area contributed by atoms with Gasteiger partial charge < -0.3 is 0 Å². The fraction of sp³-hybridized carbons (Fsp3) is 0.333. The van der Waals surface area contributed by atoms with E-state index in [2.05, 4.69) is 70.0 Å². The monoisotopic (exact) mass is 453 g/mol. The lowest BCUT2D eigenvalue weighted by atomic mass is 9.90. The van der Waals surface area contributed by atoms with Crippen LogP contribution >= 0.6 is 0 Å². The first-order valence-corrected chi connectivity index (χ1v) is 12.4. The summed E-state index contributed by atoms with van der Waals surface area (Å²) in [6.07, 6.45) is 5.43. The first-order valence-electron chi connectivity index (χ1n) is 12.4. The first-order chi connectivity index (χ1) is 16.7. The number of piperidine rings is 1. The molecule has 0 unspecified atom stereocenters. The van der Waals surface area contributed by atoms with E-state index in [1.807, 2.05) is 37.3 Å². The first kappa shape index (κ1) is 23.9. The molecule has 3 aromatic carbocycles. The van der Waals surface area contributed by atoms with Gasteiger partial charge in [-0.3, -0.25) is 9.69 Å². The van der Waals surface area contributed by atoms with Gasteiger partial charge >= 0.3 is 0 Å². The zero-order valence-corrected chi connectivity index (χ0v) is 20.1. The maximum absolute atomic E-state index is 12.5. The van der Waals surface area contributed by atoms with E-state index < -0.39 is 0 Å². The Balaban J connectivity index is 1.19. The predicted octanol–water partition coefficient (Wildman–Crippen LogP) is 5.88. The van der Waals surface area contributed by atoms with Crippen molar-refractivity contribution in [3.8, 4) is 0 Å². The van der Waals surface area contributed by atoms with Crippen molar-refractivity contribution in [2.75, 3.05) is 13.1 Å². The number of carbonyl (C=O) groups is 1.